The number of hydrogen-bond acceptors (Lipinski definition) is 3. The Balaban J connectivity index is 1.88. The van der Waals surface area contributed by atoms with Crippen molar-refractivity contribution in [1.29, 1.82) is 0 Å². The highest BCUT2D eigenvalue weighted by molar-refractivity contribution is 8.00. The summed E-state index contributed by atoms with van der Waals surface area (Å²) in [5, 5.41) is 4.33. The van der Waals surface area contributed by atoms with E-state index in [9.17, 15) is 9.18 Å². The van der Waals surface area contributed by atoms with E-state index < -0.39 is 0 Å². The van der Waals surface area contributed by atoms with E-state index in [0.29, 0.717) is 11.3 Å². The highest BCUT2D eigenvalue weighted by Crippen LogP contribution is 2.21. The molecule has 0 saturated heterocycles. The fraction of sp³-hybridized carbons (Fsp3) is 0.333. The standard InChI is InChI=1S/C15H17FN2OS/c1-11(2)18-8-7-12(17-18)9-13(19)10-20-15-6-4-3-5-14(15)16/h3-8,11H,9-10H2,1-2H3. The van der Waals surface area contributed by atoms with Crippen LogP contribution in [0.15, 0.2) is 41.4 Å². The van der Waals surface area contributed by atoms with Gasteiger partial charge in [-0.3, -0.25) is 9.48 Å². The van der Waals surface area contributed by atoms with Crippen LogP contribution in [0.3, 0.4) is 0 Å². The predicted molar refractivity (Wildman–Crippen MR) is 78.4 cm³/mol. The lowest BCUT2D eigenvalue weighted by Crippen LogP contribution is -2.08. The summed E-state index contributed by atoms with van der Waals surface area (Å²) < 4.78 is 15.2. The number of rotatable bonds is 6. The Kier molecular flexibility index (Phi) is 4.95. The minimum Gasteiger partial charge on any atom is -0.298 e. The van der Waals surface area contributed by atoms with Crippen molar-refractivity contribution in [3.63, 3.8) is 0 Å². The third-order valence-corrected chi connectivity index (χ3v) is 3.90. The Morgan fingerprint density at radius 1 is 1.35 bits per heavy atom. The molecule has 0 bridgehead atoms. The van der Waals surface area contributed by atoms with Crippen molar-refractivity contribution >= 4 is 17.5 Å². The van der Waals surface area contributed by atoms with Gasteiger partial charge in [0.15, 0.2) is 0 Å². The van der Waals surface area contributed by atoms with Gasteiger partial charge in [0.1, 0.15) is 11.6 Å². The molecule has 0 unspecified atom stereocenters. The van der Waals surface area contributed by atoms with Gasteiger partial charge in [0.25, 0.3) is 0 Å². The zero-order chi connectivity index (χ0) is 14.5. The molecule has 0 fully saturated rings. The van der Waals surface area contributed by atoms with Crippen molar-refractivity contribution in [2.45, 2.75) is 31.2 Å². The minimum absolute atomic E-state index is 0.0484. The van der Waals surface area contributed by atoms with Crippen LogP contribution in [0.25, 0.3) is 0 Å². The normalized spacial score (nSPS) is 11.0. The molecule has 0 amide bonds. The fourth-order valence-corrected chi connectivity index (χ4v) is 2.53. The number of hydrogen-bond donors (Lipinski definition) is 0. The van der Waals surface area contributed by atoms with Crippen LogP contribution in [0.4, 0.5) is 4.39 Å². The van der Waals surface area contributed by atoms with Crippen LogP contribution in [0, 0.1) is 5.82 Å². The summed E-state index contributed by atoms with van der Waals surface area (Å²) >= 11 is 1.23. The lowest BCUT2D eigenvalue weighted by Gasteiger charge is -2.04. The number of carbonyl (C=O) groups excluding carboxylic acids is 1. The molecule has 0 aliphatic rings. The number of carbonyl (C=O) groups is 1. The van der Waals surface area contributed by atoms with Gasteiger partial charge in [-0.2, -0.15) is 5.10 Å². The van der Waals surface area contributed by atoms with E-state index in [1.165, 1.54) is 17.8 Å². The molecule has 5 heteroatoms. The van der Waals surface area contributed by atoms with Gasteiger partial charge < -0.3 is 0 Å². The van der Waals surface area contributed by atoms with E-state index >= 15 is 0 Å². The average molecular weight is 292 g/mol. The SMILES string of the molecule is CC(C)n1ccc(CC(=O)CSc2ccccc2F)n1. The monoisotopic (exact) mass is 292 g/mol. The first-order chi connectivity index (χ1) is 9.56. The first-order valence-electron chi connectivity index (χ1n) is 6.49. The molecule has 1 heterocycles. The summed E-state index contributed by atoms with van der Waals surface area (Å²) in [5.41, 5.74) is 0.762. The number of nitrogens with zero attached hydrogens (tertiary/aromatic N) is 2. The Hall–Kier alpha value is -1.62. The second-order valence-corrected chi connectivity index (χ2v) is 5.83. The lowest BCUT2D eigenvalue weighted by atomic mass is 10.2. The number of halogens is 1. The molecule has 2 aromatic rings. The molecular formula is C15H17FN2OS. The summed E-state index contributed by atoms with van der Waals surface area (Å²) in [7, 11) is 0. The zero-order valence-corrected chi connectivity index (χ0v) is 12.4. The molecule has 1 aromatic heterocycles. The lowest BCUT2D eigenvalue weighted by molar-refractivity contribution is -0.116. The van der Waals surface area contributed by atoms with Crippen molar-refractivity contribution in [3.8, 4) is 0 Å². The molecule has 2 rings (SSSR count). The largest absolute Gasteiger partial charge is 0.298 e. The minimum atomic E-state index is -0.283. The van der Waals surface area contributed by atoms with Gasteiger partial charge in [-0.15, -0.1) is 11.8 Å². The molecular weight excluding hydrogens is 275 g/mol. The summed E-state index contributed by atoms with van der Waals surface area (Å²) in [4.78, 5) is 12.4. The maximum Gasteiger partial charge on any atom is 0.149 e. The second kappa shape index (κ2) is 6.70. The van der Waals surface area contributed by atoms with Crippen LogP contribution >= 0.6 is 11.8 Å². The van der Waals surface area contributed by atoms with E-state index in [-0.39, 0.29) is 23.4 Å². The Labute approximate surface area is 122 Å². The zero-order valence-electron chi connectivity index (χ0n) is 11.5. The van der Waals surface area contributed by atoms with Gasteiger partial charge in [-0.25, -0.2) is 4.39 Å². The Bertz CT molecular complexity index is 595. The Morgan fingerprint density at radius 3 is 2.75 bits per heavy atom. The third kappa shape index (κ3) is 3.93. The molecule has 0 saturated carbocycles. The number of benzene rings is 1. The van der Waals surface area contributed by atoms with E-state index in [2.05, 4.69) is 5.10 Å². The molecule has 0 aliphatic carbocycles. The molecule has 3 nitrogen and oxygen atoms in total. The third-order valence-electron chi connectivity index (χ3n) is 2.80. The van der Waals surface area contributed by atoms with E-state index in [1.54, 1.807) is 18.2 Å². The summed E-state index contributed by atoms with van der Waals surface area (Å²) in [6.07, 6.45) is 2.17. The molecule has 0 atom stereocenters. The smallest absolute Gasteiger partial charge is 0.149 e. The van der Waals surface area contributed by atoms with Crippen molar-refractivity contribution in [2.75, 3.05) is 5.75 Å². The van der Waals surface area contributed by atoms with Crippen LogP contribution < -0.4 is 0 Å². The van der Waals surface area contributed by atoms with Gasteiger partial charge in [0, 0.05) is 17.1 Å². The van der Waals surface area contributed by atoms with Gasteiger partial charge in [0.2, 0.25) is 0 Å². The van der Waals surface area contributed by atoms with Crippen LogP contribution in [0.5, 0.6) is 0 Å². The molecule has 0 spiro atoms. The van der Waals surface area contributed by atoms with Gasteiger partial charge in [0.05, 0.1) is 17.9 Å². The molecule has 20 heavy (non-hydrogen) atoms. The average Bonchev–Trinajstić information content (AvgIpc) is 2.86. The first-order valence-corrected chi connectivity index (χ1v) is 7.48. The van der Waals surface area contributed by atoms with E-state index in [4.69, 9.17) is 0 Å². The summed E-state index contributed by atoms with van der Waals surface area (Å²) in [6.45, 7) is 4.07. The van der Waals surface area contributed by atoms with Crippen LogP contribution in [0.1, 0.15) is 25.6 Å². The maximum atomic E-state index is 13.4. The van der Waals surface area contributed by atoms with Crippen molar-refractivity contribution in [3.05, 3.63) is 48.0 Å². The summed E-state index contributed by atoms with van der Waals surface area (Å²) in [6, 6.07) is 8.62. The van der Waals surface area contributed by atoms with Crippen molar-refractivity contribution in [2.24, 2.45) is 0 Å². The van der Waals surface area contributed by atoms with E-state index in [0.717, 1.165) is 5.69 Å². The molecule has 106 valence electrons. The maximum absolute atomic E-state index is 13.4. The number of aromatic nitrogens is 2. The van der Waals surface area contributed by atoms with Crippen molar-refractivity contribution < 1.29 is 9.18 Å². The van der Waals surface area contributed by atoms with Gasteiger partial charge in [-0.1, -0.05) is 12.1 Å². The van der Waals surface area contributed by atoms with Crippen LogP contribution in [0.2, 0.25) is 0 Å². The van der Waals surface area contributed by atoms with Gasteiger partial charge >= 0.3 is 0 Å². The fourth-order valence-electron chi connectivity index (χ4n) is 1.73. The second-order valence-electron chi connectivity index (χ2n) is 4.82. The number of Topliss-reactive ketones (excluding diaryl/α,β-unsaturated/α-hetero) is 1. The molecule has 0 aliphatic heterocycles. The highest BCUT2D eigenvalue weighted by Gasteiger charge is 2.10. The first kappa shape index (κ1) is 14.8. The molecule has 0 radical (unpaired) electrons. The number of ketones is 1. The van der Waals surface area contributed by atoms with Crippen LogP contribution in [-0.4, -0.2) is 21.3 Å². The van der Waals surface area contributed by atoms with Gasteiger partial charge in [-0.05, 0) is 32.0 Å². The van der Waals surface area contributed by atoms with Crippen molar-refractivity contribution in [1.82, 2.24) is 9.78 Å². The topological polar surface area (TPSA) is 34.9 Å². The predicted octanol–water partition coefficient (Wildman–Crippen LogP) is 3.51. The Morgan fingerprint density at radius 2 is 2.10 bits per heavy atom. The van der Waals surface area contributed by atoms with Crippen LogP contribution in [-0.2, 0) is 11.2 Å². The quantitative estimate of drug-likeness (QED) is 0.764. The summed E-state index contributed by atoms with van der Waals surface area (Å²) in [5.74, 6) is 0.0248. The highest BCUT2D eigenvalue weighted by atomic mass is 32.2. The molecule has 0 N–H and O–H groups in total. The van der Waals surface area contributed by atoms with E-state index in [1.807, 2.05) is 30.8 Å². The molecule has 1 aromatic carbocycles. The number of thioether (sulfide) groups is 1.